The molecule has 0 saturated carbocycles. The summed E-state index contributed by atoms with van der Waals surface area (Å²) in [5, 5.41) is 12.8. The zero-order valence-corrected chi connectivity index (χ0v) is 11.9. The van der Waals surface area contributed by atoms with Gasteiger partial charge >= 0.3 is 0 Å². The van der Waals surface area contributed by atoms with E-state index in [1.165, 1.54) is 0 Å². The van der Waals surface area contributed by atoms with Gasteiger partial charge in [0.1, 0.15) is 6.04 Å². The van der Waals surface area contributed by atoms with Gasteiger partial charge in [0.2, 0.25) is 5.91 Å². The molecule has 5 heteroatoms. The van der Waals surface area contributed by atoms with Crippen molar-refractivity contribution in [2.45, 2.75) is 31.9 Å². The molecular formula is C14H19ClN2O2. The quantitative estimate of drug-likeness (QED) is 0.893. The molecule has 1 saturated heterocycles. The topological polar surface area (TPSA) is 52.6 Å². The summed E-state index contributed by atoms with van der Waals surface area (Å²) >= 11 is 6.28. The Morgan fingerprint density at radius 1 is 1.58 bits per heavy atom. The number of likely N-dealkylation sites (N-methyl/N-ethyl adjacent to an activating group) is 1. The number of benzene rings is 1. The summed E-state index contributed by atoms with van der Waals surface area (Å²) in [6, 6.07) is 5.34. The monoisotopic (exact) mass is 282 g/mol. The van der Waals surface area contributed by atoms with Crippen molar-refractivity contribution in [3.63, 3.8) is 0 Å². The van der Waals surface area contributed by atoms with Crippen molar-refractivity contribution in [2.24, 2.45) is 0 Å². The first-order valence-electron chi connectivity index (χ1n) is 6.50. The summed E-state index contributed by atoms with van der Waals surface area (Å²) in [6.45, 7) is 2.53. The molecule has 1 fully saturated rings. The number of nitrogens with one attached hydrogen (secondary N) is 1. The van der Waals surface area contributed by atoms with Gasteiger partial charge in [0.15, 0.2) is 0 Å². The van der Waals surface area contributed by atoms with Gasteiger partial charge in [0.05, 0.1) is 16.8 Å². The Kier molecular flexibility index (Phi) is 4.32. The maximum Gasteiger partial charge on any atom is 0.242 e. The summed E-state index contributed by atoms with van der Waals surface area (Å²) in [4.78, 5) is 13.9. The van der Waals surface area contributed by atoms with Crippen molar-refractivity contribution in [1.29, 1.82) is 0 Å². The number of amides is 1. The third-order valence-electron chi connectivity index (χ3n) is 3.57. The van der Waals surface area contributed by atoms with Gasteiger partial charge in [0.25, 0.3) is 0 Å². The first kappa shape index (κ1) is 14.2. The third kappa shape index (κ3) is 2.85. The van der Waals surface area contributed by atoms with Crippen LogP contribution < -0.4 is 10.2 Å². The average molecular weight is 283 g/mol. The second-order valence-corrected chi connectivity index (χ2v) is 5.26. The molecule has 104 valence electrons. The van der Waals surface area contributed by atoms with E-state index in [-0.39, 0.29) is 11.9 Å². The molecule has 1 aromatic rings. The van der Waals surface area contributed by atoms with E-state index < -0.39 is 6.10 Å². The molecule has 2 rings (SSSR count). The van der Waals surface area contributed by atoms with Crippen LogP contribution in [0.1, 0.15) is 31.4 Å². The Balaban J connectivity index is 2.28. The lowest BCUT2D eigenvalue weighted by atomic mass is 10.1. The molecule has 2 N–H and O–H groups in total. The first-order valence-corrected chi connectivity index (χ1v) is 6.88. The number of rotatable bonds is 3. The zero-order valence-electron chi connectivity index (χ0n) is 11.2. The lowest BCUT2D eigenvalue weighted by molar-refractivity contribution is -0.121. The molecule has 0 radical (unpaired) electrons. The summed E-state index contributed by atoms with van der Waals surface area (Å²) in [5.41, 5.74) is 1.64. The van der Waals surface area contributed by atoms with E-state index in [2.05, 4.69) is 5.32 Å². The van der Waals surface area contributed by atoms with Gasteiger partial charge in [-0.3, -0.25) is 4.79 Å². The molecule has 4 nitrogen and oxygen atoms in total. The van der Waals surface area contributed by atoms with Crippen LogP contribution >= 0.6 is 11.6 Å². The maximum atomic E-state index is 11.8. The number of hydrogen-bond acceptors (Lipinski definition) is 3. The molecule has 1 amide bonds. The lowest BCUT2D eigenvalue weighted by Crippen LogP contribution is -2.42. The van der Waals surface area contributed by atoms with Gasteiger partial charge in [-0.05, 0) is 37.5 Å². The van der Waals surface area contributed by atoms with Crippen molar-refractivity contribution < 1.29 is 9.90 Å². The highest BCUT2D eigenvalue weighted by Crippen LogP contribution is 2.33. The Morgan fingerprint density at radius 2 is 2.32 bits per heavy atom. The van der Waals surface area contributed by atoms with Crippen molar-refractivity contribution in [2.75, 3.05) is 18.5 Å². The summed E-state index contributed by atoms with van der Waals surface area (Å²) in [6.07, 6.45) is 1.28. The summed E-state index contributed by atoms with van der Waals surface area (Å²) < 4.78 is 0. The van der Waals surface area contributed by atoms with Gasteiger partial charge in [-0.25, -0.2) is 0 Å². The molecule has 2 atom stereocenters. The Labute approximate surface area is 118 Å². The van der Waals surface area contributed by atoms with Gasteiger partial charge < -0.3 is 15.3 Å². The standard InChI is InChI=1S/C14H19ClN2O2/c1-9(18)10-5-6-12(11(15)8-10)17-7-3-4-13(17)14(19)16-2/h5-6,8-9,13,18H,3-4,7H2,1-2H3,(H,16,19)/t9-,13?/m0/s1. The van der Waals surface area contributed by atoms with E-state index in [4.69, 9.17) is 11.6 Å². The van der Waals surface area contributed by atoms with E-state index >= 15 is 0 Å². The Morgan fingerprint density at radius 3 is 2.89 bits per heavy atom. The fraction of sp³-hybridized carbons (Fsp3) is 0.500. The second kappa shape index (κ2) is 5.80. The smallest absolute Gasteiger partial charge is 0.242 e. The van der Waals surface area contributed by atoms with E-state index in [1.54, 1.807) is 20.0 Å². The Bertz CT molecular complexity index is 477. The van der Waals surface area contributed by atoms with E-state index in [1.807, 2.05) is 17.0 Å². The van der Waals surface area contributed by atoms with Crippen LogP contribution in [-0.2, 0) is 4.79 Å². The molecule has 1 aromatic carbocycles. The van der Waals surface area contributed by atoms with Crippen LogP contribution in [0, 0.1) is 0 Å². The number of carbonyl (C=O) groups excluding carboxylic acids is 1. The second-order valence-electron chi connectivity index (χ2n) is 4.85. The first-order chi connectivity index (χ1) is 9.04. The molecular weight excluding hydrogens is 264 g/mol. The van der Waals surface area contributed by atoms with Gasteiger partial charge in [-0.15, -0.1) is 0 Å². The molecule has 0 spiro atoms. The highest BCUT2D eigenvalue weighted by Gasteiger charge is 2.31. The van der Waals surface area contributed by atoms with Crippen LogP contribution in [0.3, 0.4) is 0 Å². The fourth-order valence-corrected chi connectivity index (χ4v) is 2.81. The molecule has 0 bridgehead atoms. The average Bonchev–Trinajstić information content (AvgIpc) is 2.86. The molecule has 0 aliphatic carbocycles. The zero-order chi connectivity index (χ0) is 14.0. The predicted octanol–water partition coefficient (Wildman–Crippen LogP) is 2.11. The summed E-state index contributed by atoms with van der Waals surface area (Å²) in [7, 11) is 1.65. The van der Waals surface area contributed by atoms with Gasteiger partial charge in [-0.2, -0.15) is 0 Å². The number of anilines is 1. The van der Waals surface area contributed by atoms with Crippen LogP contribution in [0.5, 0.6) is 0 Å². The van der Waals surface area contributed by atoms with E-state index in [0.29, 0.717) is 5.02 Å². The van der Waals surface area contributed by atoms with Crippen molar-refractivity contribution in [1.82, 2.24) is 5.32 Å². The SMILES string of the molecule is CNC(=O)C1CCCN1c1ccc([C@H](C)O)cc1Cl. The highest BCUT2D eigenvalue weighted by molar-refractivity contribution is 6.33. The minimum Gasteiger partial charge on any atom is -0.389 e. The number of nitrogens with zero attached hydrogens (tertiary/aromatic N) is 1. The van der Waals surface area contributed by atoms with Gasteiger partial charge in [-0.1, -0.05) is 17.7 Å². The largest absolute Gasteiger partial charge is 0.389 e. The van der Waals surface area contributed by atoms with Crippen LogP contribution in [0.25, 0.3) is 0 Å². The van der Waals surface area contributed by atoms with E-state index in [0.717, 1.165) is 30.6 Å². The van der Waals surface area contributed by atoms with E-state index in [9.17, 15) is 9.90 Å². The molecule has 1 aliphatic heterocycles. The van der Waals surface area contributed by atoms with Crippen LogP contribution in [0.4, 0.5) is 5.69 Å². The highest BCUT2D eigenvalue weighted by atomic mass is 35.5. The number of halogens is 1. The fourth-order valence-electron chi connectivity index (χ4n) is 2.51. The minimum atomic E-state index is -0.542. The number of aliphatic hydroxyl groups excluding tert-OH is 1. The van der Waals surface area contributed by atoms with Crippen LogP contribution in [-0.4, -0.2) is 30.6 Å². The molecule has 0 aromatic heterocycles. The molecule has 1 heterocycles. The molecule has 1 unspecified atom stereocenters. The predicted molar refractivity (Wildman–Crippen MR) is 76.5 cm³/mol. The normalized spacial score (nSPS) is 20.4. The molecule has 19 heavy (non-hydrogen) atoms. The maximum absolute atomic E-state index is 11.8. The van der Waals surface area contributed by atoms with Crippen molar-refractivity contribution in [3.05, 3.63) is 28.8 Å². The lowest BCUT2D eigenvalue weighted by Gasteiger charge is -2.26. The van der Waals surface area contributed by atoms with Crippen LogP contribution in [0.2, 0.25) is 5.02 Å². The Hall–Kier alpha value is -1.26. The molecule has 1 aliphatic rings. The third-order valence-corrected chi connectivity index (χ3v) is 3.87. The van der Waals surface area contributed by atoms with Crippen LogP contribution in [0.15, 0.2) is 18.2 Å². The summed E-state index contributed by atoms with van der Waals surface area (Å²) in [5.74, 6) is 0.0215. The van der Waals surface area contributed by atoms with Crippen molar-refractivity contribution >= 4 is 23.2 Å². The van der Waals surface area contributed by atoms with Gasteiger partial charge in [0, 0.05) is 13.6 Å². The minimum absolute atomic E-state index is 0.0215. The number of aliphatic hydroxyl groups is 1. The number of hydrogen-bond donors (Lipinski definition) is 2. The van der Waals surface area contributed by atoms with Crippen molar-refractivity contribution in [3.8, 4) is 0 Å². The number of carbonyl (C=O) groups is 1.